The van der Waals surface area contributed by atoms with Gasteiger partial charge in [-0.2, -0.15) is 0 Å². The molecule has 1 aliphatic carbocycles. The molecular weight excluding hydrogens is 567 g/mol. The predicted octanol–water partition coefficient (Wildman–Crippen LogP) is 11.4. The van der Waals surface area contributed by atoms with Crippen LogP contribution in [-0.2, 0) is 9.53 Å². The van der Waals surface area contributed by atoms with Gasteiger partial charge in [0.25, 0.3) is 0 Å². The third-order valence-electron chi connectivity index (χ3n) is 11.1. The molecule has 1 aliphatic rings. The normalized spacial score (nSPS) is 22.6. The van der Waals surface area contributed by atoms with Gasteiger partial charge in [-0.05, 0) is 84.2 Å². The van der Waals surface area contributed by atoms with Crippen molar-refractivity contribution in [3.8, 4) is 17.2 Å². The molecule has 0 N–H and O–H groups in total. The molecule has 3 rings (SSSR count). The lowest BCUT2D eigenvalue weighted by molar-refractivity contribution is -0.167. The van der Waals surface area contributed by atoms with Crippen molar-refractivity contribution in [3.05, 3.63) is 52.5 Å². The van der Waals surface area contributed by atoms with E-state index in [1.54, 1.807) is 12.1 Å². The van der Waals surface area contributed by atoms with Gasteiger partial charge < -0.3 is 14.2 Å². The summed E-state index contributed by atoms with van der Waals surface area (Å²) in [5.41, 5.74) is -0.903. The molecule has 4 nitrogen and oxygen atoms in total. The zero-order chi connectivity index (χ0) is 31.7. The summed E-state index contributed by atoms with van der Waals surface area (Å²) < 4.78 is 18.3. The van der Waals surface area contributed by atoms with Gasteiger partial charge in [-0.25, -0.2) is 0 Å². The highest BCUT2D eigenvalue weighted by Crippen LogP contribution is 2.62. The minimum absolute atomic E-state index is 0.0209. The molecule has 1 fully saturated rings. The Morgan fingerprint density at radius 1 is 0.881 bits per heavy atom. The van der Waals surface area contributed by atoms with Gasteiger partial charge in [0, 0.05) is 22.0 Å². The van der Waals surface area contributed by atoms with E-state index in [0.29, 0.717) is 33.2 Å². The lowest BCUT2D eigenvalue weighted by Gasteiger charge is -2.58. The van der Waals surface area contributed by atoms with Gasteiger partial charge in [-0.15, -0.1) is 0 Å². The second-order valence-electron chi connectivity index (χ2n) is 14.9. The minimum atomic E-state index is -0.622. The number of ether oxygens (including phenoxy) is 3. The predicted molar refractivity (Wildman–Crippen MR) is 175 cm³/mol. The van der Waals surface area contributed by atoms with Crippen molar-refractivity contribution in [3.63, 3.8) is 0 Å². The van der Waals surface area contributed by atoms with E-state index in [0.717, 1.165) is 32.1 Å². The first-order valence-electron chi connectivity index (χ1n) is 15.3. The molecule has 5 unspecified atom stereocenters. The Morgan fingerprint density at radius 3 is 1.95 bits per heavy atom. The quantitative estimate of drug-likeness (QED) is 0.222. The van der Waals surface area contributed by atoms with Crippen molar-refractivity contribution < 1.29 is 19.0 Å². The molecule has 0 heterocycles. The van der Waals surface area contributed by atoms with Gasteiger partial charge in [0.2, 0.25) is 0 Å². The zero-order valence-corrected chi connectivity index (χ0v) is 29.1. The summed E-state index contributed by atoms with van der Waals surface area (Å²) in [6.07, 6.45) is 4.66. The van der Waals surface area contributed by atoms with Crippen LogP contribution in [0.5, 0.6) is 17.2 Å². The Bertz CT molecular complexity index is 1230. The van der Waals surface area contributed by atoms with E-state index in [-0.39, 0.29) is 33.7 Å². The van der Waals surface area contributed by atoms with Gasteiger partial charge in [0.05, 0.1) is 12.5 Å². The summed E-state index contributed by atoms with van der Waals surface area (Å²) >= 11 is 12.5. The molecule has 2 aromatic rings. The van der Waals surface area contributed by atoms with Crippen molar-refractivity contribution in [2.24, 2.45) is 33.0 Å². The number of rotatable bonds is 12. The van der Waals surface area contributed by atoms with Crippen molar-refractivity contribution in [2.45, 2.75) is 107 Å². The standard InChI is InChI=1S/C36H52Cl2O4/c1-12-34(8,35(9,13-2)23-36(10,31(39)40-11)32(3,4)5)21-27-30(22-33(27,6)7)42-29-20-25(38)16-19-28(29)41-26-17-14-24(37)15-18-26/h14-20,27,30H,12-13,21-23H2,1-11H3. The molecule has 0 amide bonds. The van der Waals surface area contributed by atoms with Crippen LogP contribution in [0.2, 0.25) is 10.0 Å². The van der Waals surface area contributed by atoms with E-state index in [9.17, 15) is 4.79 Å². The molecule has 234 valence electrons. The van der Waals surface area contributed by atoms with Gasteiger partial charge in [0.1, 0.15) is 11.9 Å². The number of benzene rings is 2. The van der Waals surface area contributed by atoms with Crippen LogP contribution >= 0.6 is 23.2 Å². The monoisotopic (exact) mass is 618 g/mol. The molecule has 5 atom stereocenters. The Hall–Kier alpha value is -1.91. The van der Waals surface area contributed by atoms with Crippen LogP contribution in [0.25, 0.3) is 0 Å². The van der Waals surface area contributed by atoms with Crippen LogP contribution in [0.3, 0.4) is 0 Å². The van der Waals surface area contributed by atoms with Gasteiger partial charge in [-0.3, -0.25) is 4.79 Å². The van der Waals surface area contributed by atoms with Crippen molar-refractivity contribution >= 4 is 29.2 Å². The second-order valence-corrected chi connectivity index (χ2v) is 15.8. The van der Waals surface area contributed by atoms with E-state index in [4.69, 9.17) is 37.4 Å². The molecule has 0 radical (unpaired) electrons. The molecule has 42 heavy (non-hydrogen) atoms. The van der Waals surface area contributed by atoms with Crippen molar-refractivity contribution in [2.75, 3.05) is 7.11 Å². The Balaban J connectivity index is 1.92. The molecular formula is C36H52Cl2O4. The summed E-state index contributed by atoms with van der Waals surface area (Å²) in [5.74, 6) is 2.13. The first-order valence-corrected chi connectivity index (χ1v) is 16.1. The van der Waals surface area contributed by atoms with Crippen LogP contribution in [0.4, 0.5) is 0 Å². The average Bonchev–Trinajstić information content (AvgIpc) is 2.92. The SMILES string of the molecule is CCC(C)(CC1C(Oc2cc(Cl)ccc2Oc2ccc(Cl)cc2)CC1(C)C)C(C)(CC)CC(C)(C(=O)OC)C(C)(C)C. The number of methoxy groups -OCH3 is 1. The van der Waals surface area contributed by atoms with Gasteiger partial charge >= 0.3 is 5.97 Å². The molecule has 0 saturated heterocycles. The van der Waals surface area contributed by atoms with Crippen LogP contribution < -0.4 is 9.47 Å². The maximum atomic E-state index is 13.3. The number of carbonyl (C=O) groups is 1. The fraction of sp³-hybridized carbons (Fsp3) is 0.639. The zero-order valence-electron chi connectivity index (χ0n) is 27.6. The lowest BCUT2D eigenvalue weighted by Crippen LogP contribution is -2.55. The van der Waals surface area contributed by atoms with Crippen LogP contribution in [0.15, 0.2) is 42.5 Å². The van der Waals surface area contributed by atoms with Gasteiger partial charge in [-0.1, -0.05) is 98.4 Å². The van der Waals surface area contributed by atoms with Crippen molar-refractivity contribution in [1.82, 2.24) is 0 Å². The summed E-state index contributed by atoms with van der Waals surface area (Å²) in [4.78, 5) is 13.3. The van der Waals surface area contributed by atoms with E-state index in [2.05, 4.69) is 69.2 Å². The average molecular weight is 620 g/mol. The first-order chi connectivity index (χ1) is 19.3. The maximum absolute atomic E-state index is 13.3. The third-order valence-corrected chi connectivity index (χ3v) is 11.6. The maximum Gasteiger partial charge on any atom is 0.312 e. The Morgan fingerprint density at radius 2 is 1.45 bits per heavy atom. The fourth-order valence-corrected chi connectivity index (χ4v) is 7.14. The summed E-state index contributed by atoms with van der Waals surface area (Å²) in [6.45, 7) is 22.6. The minimum Gasteiger partial charge on any atom is -0.486 e. The van der Waals surface area contributed by atoms with Gasteiger partial charge in [0.15, 0.2) is 11.5 Å². The largest absolute Gasteiger partial charge is 0.486 e. The molecule has 0 aliphatic heterocycles. The summed E-state index contributed by atoms with van der Waals surface area (Å²) in [6, 6.07) is 12.8. The topological polar surface area (TPSA) is 44.8 Å². The number of carbonyl (C=O) groups excluding carboxylic acids is 1. The Kier molecular flexibility index (Phi) is 10.4. The van der Waals surface area contributed by atoms with Crippen LogP contribution in [-0.4, -0.2) is 19.2 Å². The second kappa shape index (κ2) is 12.6. The van der Waals surface area contributed by atoms with E-state index < -0.39 is 5.41 Å². The van der Waals surface area contributed by atoms with Crippen LogP contribution in [0.1, 0.15) is 101 Å². The van der Waals surface area contributed by atoms with E-state index in [1.165, 1.54) is 7.11 Å². The van der Waals surface area contributed by atoms with E-state index >= 15 is 0 Å². The highest BCUT2D eigenvalue weighted by atomic mass is 35.5. The lowest BCUT2D eigenvalue weighted by atomic mass is 9.47. The number of hydrogen-bond acceptors (Lipinski definition) is 4. The Labute approximate surface area is 264 Å². The first kappa shape index (κ1) is 34.6. The molecule has 2 aromatic carbocycles. The molecule has 0 spiro atoms. The number of halogens is 2. The highest BCUT2D eigenvalue weighted by molar-refractivity contribution is 6.31. The molecule has 0 bridgehead atoms. The van der Waals surface area contributed by atoms with Crippen molar-refractivity contribution in [1.29, 1.82) is 0 Å². The molecule has 0 aromatic heterocycles. The summed E-state index contributed by atoms with van der Waals surface area (Å²) in [7, 11) is 1.51. The van der Waals surface area contributed by atoms with Crippen LogP contribution in [0, 0.1) is 33.0 Å². The third kappa shape index (κ3) is 6.91. The smallest absolute Gasteiger partial charge is 0.312 e. The number of esters is 1. The van der Waals surface area contributed by atoms with E-state index in [1.807, 2.05) is 30.3 Å². The number of hydrogen-bond donors (Lipinski definition) is 0. The molecule has 6 heteroatoms. The fourth-order valence-electron chi connectivity index (χ4n) is 6.85. The summed E-state index contributed by atoms with van der Waals surface area (Å²) in [5, 5.41) is 1.26. The molecule has 1 saturated carbocycles. The highest BCUT2D eigenvalue weighted by Gasteiger charge is 2.57.